The van der Waals surface area contributed by atoms with E-state index in [0.29, 0.717) is 6.42 Å². The summed E-state index contributed by atoms with van der Waals surface area (Å²) in [7, 11) is 0. The fourth-order valence-corrected chi connectivity index (χ4v) is 4.06. The zero-order chi connectivity index (χ0) is 19.3. The smallest absolute Gasteiger partial charge is 0.338 e. The summed E-state index contributed by atoms with van der Waals surface area (Å²) in [5.41, 5.74) is 0.220. The number of benzene rings is 1. The number of non-ortho nitro benzene ring substituents is 1. The van der Waals surface area contributed by atoms with E-state index in [1.54, 1.807) is 0 Å². The van der Waals surface area contributed by atoms with Gasteiger partial charge < -0.3 is 4.74 Å². The van der Waals surface area contributed by atoms with Crippen molar-refractivity contribution < 1.29 is 19.2 Å². The second-order valence-corrected chi connectivity index (χ2v) is 9.47. The number of rotatable bonds is 5. The number of thioether (sulfide) groups is 1. The van der Waals surface area contributed by atoms with Gasteiger partial charge >= 0.3 is 5.97 Å². The van der Waals surface area contributed by atoms with E-state index in [2.05, 4.69) is 0 Å². The minimum absolute atomic E-state index is 0.0353. The summed E-state index contributed by atoms with van der Waals surface area (Å²) in [5, 5.41) is 10.8. The molecule has 7 heteroatoms. The highest BCUT2D eigenvalue weighted by Crippen LogP contribution is 2.34. The molecule has 1 aromatic rings. The predicted molar refractivity (Wildman–Crippen MR) is 101 cm³/mol. The molecule has 1 aliphatic carbocycles. The molecule has 0 saturated heterocycles. The van der Waals surface area contributed by atoms with Crippen LogP contribution in [0.25, 0.3) is 0 Å². The normalized spacial score (nSPS) is 20.4. The topological polar surface area (TPSA) is 86.5 Å². The molecule has 0 N–H and O–H groups in total. The van der Waals surface area contributed by atoms with Crippen molar-refractivity contribution in [3.05, 3.63) is 39.9 Å². The lowest BCUT2D eigenvalue weighted by Crippen LogP contribution is -2.31. The van der Waals surface area contributed by atoms with E-state index in [0.717, 1.165) is 25.7 Å². The Morgan fingerprint density at radius 1 is 1.19 bits per heavy atom. The van der Waals surface area contributed by atoms with Gasteiger partial charge in [-0.25, -0.2) is 4.79 Å². The van der Waals surface area contributed by atoms with Crippen LogP contribution in [0.4, 0.5) is 5.69 Å². The Morgan fingerprint density at radius 2 is 1.81 bits per heavy atom. The molecule has 1 saturated carbocycles. The first-order chi connectivity index (χ1) is 12.2. The lowest BCUT2D eigenvalue weighted by Gasteiger charge is -2.31. The van der Waals surface area contributed by atoms with Crippen LogP contribution in [0.5, 0.6) is 0 Å². The largest absolute Gasteiger partial charge is 0.458 e. The number of carbonyl (C=O) groups is 2. The van der Waals surface area contributed by atoms with E-state index < -0.39 is 10.9 Å². The monoisotopic (exact) mass is 379 g/mol. The van der Waals surface area contributed by atoms with Crippen LogP contribution in [0.15, 0.2) is 24.3 Å². The minimum atomic E-state index is -0.509. The van der Waals surface area contributed by atoms with Gasteiger partial charge in [-0.05, 0) is 31.4 Å². The third kappa shape index (κ3) is 6.12. The Bertz CT molecular complexity index is 666. The highest BCUT2D eigenvalue weighted by Gasteiger charge is 2.31. The van der Waals surface area contributed by atoms with Crippen molar-refractivity contribution in [3.8, 4) is 0 Å². The zero-order valence-corrected chi connectivity index (χ0v) is 16.2. The molecule has 0 radical (unpaired) electrons. The van der Waals surface area contributed by atoms with Gasteiger partial charge in [0.05, 0.1) is 10.5 Å². The molecular weight excluding hydrogens is 354 g/mol. The number of nitrogens with zero attached hydrogens (tertiary/aromatic N) is 1. The summed E-state index contributed by atoms with van der Waals surface area (Å²) in [6.07, 6.45) is 3.74. The summed E-state index contributed by atoms with van der Waals surface area (Å²) in [4.78, 5) is 34.9. The number of ether oxygens (including phenoxy) is 1. The Hall–Kier alpha value is -1.89. The Kier molecular flexibility index (Phi) is 6.81. The molecule has 2 rings (SSSR count). The van der Waals surface area contributed by atoms with E-state index in [-0.39, 0.29) is 33.1 Å². The van der Waals surface area contributed by atoms with Crippen molar-refractivity contribution in [1.82, 2.24) is 0 Å². The molecule has 0 heterocycles. The van der Waals surface area contributed by atoms with Crippen molar-refractivity contribution in [3.63, 3.8) is 0 Å². The van der Waals surface area contributed by atoms with Gasteiger partial charge in [0.1, 0.15) is 6.10 Å². The molecule has 1 aliphatic rings. The maximum absolute atomic E-state index is 12.4. The number of hydrogen-bond acceptors (Lipinski definition) is 6. The first-order valence-corrected chi connectivity index (χ1v) is 9.64. The zero-order valence-electron chi connectivity index (χ0n) is 15.4. The third-order valence-electron chi connectivity index (χ3n) is 4.26. The van der Waals surface area contributed by atoms with Crippen molar-refractivity contribution >= 4 is 28.5 Å². The maximum Gasteiger partial charge on any atom is 0.338 e. The SMILES string of the molecule is CC(C)(C)SC(=O)C[C@@H]1CCCC[C@H]1OC(=O)c1ccc([N+](=O)[O-])cc1. The van der Waals surface area contributed by atoms with Gasteiger partial charge in [-0.1, -0.05) is 39.0 Å². The number of hydrogen-bond donors (Lipinski definition) is 0. The molecule has 1 fully saturated rings. The Morgan fingerprint density at radius 3 is 2.38 bits per heavy atom. The molecule has 0 bridgehead atoms. The van der Waals surface area contributed by atoms with E-state index in [9.17, 15) is 19.7 Å². The minimum Gasteiger partial charge on any atom is -0.458 e. The third-order valence-corrected chi connectivity index (χ3v) is 5.27. The fourth-order valence-electron chi connectivity index (χ4n) is 3.08. The molecule has 6 nitrogen and oxygen atoms in total. The van der Waals surface area contributed by atoms with Crippen LogP contribution in [0.1, 0.15) is 63.2 Å². The number of nitro groups is 1. The highest BCUT2D eigenvalue weighted by molar-refractivity contribution is 8.14. The lowest BCUT2D eigenvalue weighted by molar-refractivity contribution is -0.384. The average molecular weight is 379 g/mol. The molecule has 26 heavy (non-hydrogen) atoms. The molecule has 0 spiro atoms. The van der Waals surface area contributed by atoms with E-state index in [1.807, 2.05) is 20.8 Å². The molecular formula is C19H25NO5S. The molecule has 0 amide bonds. The first-order valence-electron chi connectivity index (χ1n) is 8.83. The molecule has 1 aromatic carbocycles. The van der Waals surface area contributed by atoms with E-state index >= 15 is 0 Å². The molecule has 0 unspecified atom stereocenters. The van der Waals surface area contributed by atoms with Crippen LogP contribution >= 0.6 is 11.8 Å². The number of nitro benzene ring substituents is 1. The van der Waals surface area contributed by atoms with Gasteiger partial charge in [0.25, 0.3) is 5.69 Å². The van der Waals surface area contributed by atoms with E-state index in [1.165, 1.54) is 36.0 Å². The van der Waals surface area contributed by atoms with E-state index in [4.69, 9.17) is 4.74 Å². The second kappa shape index (κ2) is 8.66. The number of esters is 1. The molecule has 2 atom stereocenters. The van der Waals surface area contributed by atoms with Gasteiger partial charge in [0, 0.05) is 29.2 Å². The molecule has 0 aromatic heterocycles. The van der Waals surface area contributed by atoms with Crippen LogP contribution in [0.3, 0.4) is 0 Å². The Balaban J connectivity index is 1.99. The van der Waals surface area contributed by atoms with Gasteiger partial charge in [0.2, 0.25) is 0 Å². The maximum atomic E-state index is 12.4. The summed E-state index contributed by atoms with van der Waals surface area (Å²) in [5.74, 6) is -0.458. The van der Waals surface area contributed by atoms with Crippen molar-refractivity contribution in [2.75, 3.05) is 0 Å². The summed E-state index contributed by atoms with van der Waals surface area (Å²) < 4.78 is 5.52. The van der Waals surface area contributed by atoms with Gasteiger partial charge in [-0.15, -0.1) is 0 Å². The van der Waals surface area contributed by atoms with Crippen molar-refractivity contribution in [2.24, 2.45) is 5.92 Å². The predicted octanol–water partition coefficient (Wildman–Crippen LogP) is 4.76. The van der Waals surface area contributed by atoms with Gasteiger partial charge in [-0.3, -0.25) is 14.9 Å². The Labute approximate surface area is 157 Å². The van der Waals surface area contributed by atoms with Gasteiger partial charge in [-0.2, -0.15) is 0 Å². The van der Waals surface area contributed by atoms with Gasteiger partial charge in [0.15, 0.2) is 5.12 Å². The highest BCUT2D eigenvalue weighted by atomic mass is 32.2. The average Bonchev–Trinajstić information content (AvgIpc) is 2.55. The van der Waals surface area contributed by atoms with Crippen molar-refractivity contribution in [1.29, 1.82) is 0 Å². The summed E-state index contributed by atoms with van der Waals surface area (Å²) in [6.45, 7) is 6.01. The standard InChI is InChI=1S/C19H25NO5S/c1-19(2,3)26-17(21)12-14-6-4-5-7-16(14)25-18(22)13-8-10-15(11-9-13)20(23)24/h8-11,14,16H,4-7,12H2,1-3H3/t14-,16+/m0/s1. The van der Waals surface area contributed by atoms with Crippen LogP contribution < -0.4 is 0 Å². The van der Waals surface area contributed by atoms with Crippen LogP contribution in [0, 0.1) is 16.0 Å². The fraction of sp³-hybridized carbons (Fsp3) is 0.579. The second-order valence-electron chi connectivity index (χ2n) is 7.58. The summed E-state index contributed by atoms with van der Waals surface area (Å²) >= 11 is 1.33. The van der Waals surface area contributed by atoms with Crippen LogP contribution in [-0.2, 0) is 9.53 Å². The lowest BCUT2D eigenvalue weighted by atomic mass is 9.84. The van der Waals surface area contributed by atoms with Crippen LogP contribution in [0.2, 0.25) is 0 Å². The molecule has 0 aliphatic heterocycles. The molecule has 142 valence electrons. The number of carbonyl (C=O) groups excluding carboxylic acids is 2. The first kappa shape index (κ1) is 20.4. The van der Waals surface area contributed by atoms with Crippen molar-refractivity contribution in [2.45, 2.75) is 63.7 Å². The summed E-state index contributed by atoms with van der Waals surface area (Å²) in [6, 6.07) is 5.38. The van der Waals surface area contributed by atoms with Crippen LogP contribution in [-0.4, -0.2) is 26.9 Å². The quantitative estimate of drug-likeness (QED) is 0.416.